The van der Waals surface area contributed by atoms with Crippen LogP contribution in [0.1, 0.15) is 49.5 Å². The Morgan fingerprint density at radius 3 is 2.75 bits per heavy atom. The molecule has 11 nitrogen and oxygen atoms in total. The maximum absolute atomic E-state index is 13.8. The fraction of sp³-hybridized carbons (Fsp3) is 0.516. The molecule has 2 amide bonds. The highest BCUT2D eigenvalue weighted by Gasteiger charge is 2.30. The van der Waals surface area contributed by atoms with E-state index in [9.17, 15) is 9.59 Å². The van der Waals surface area contributed by atoms with Gasteiger partial charge < -0.3 is 24.3 Å². The fourth-order valence-electron chi connectivity index (χ4n) is 5.17. The van der Waals surface area contributed by atoms with Crippen LogP contribution in [-0.2, 0) is 22.1 Å². The molecule has 1 fully saturated rings. The number of alkyl halides is 1. The Morgan fingerprint density at radius 2 is 2.02 bits per heavy atom. The fourth-order valence-corrected chi connectivity index (χ4v) is 6.09. The molecular weight excluding hydrogens is 598 g/mol. The van der Waals surface area contributed by atoms with Gasteiger partial charge in [-0.15, -0.1) is 11.6 Å². The molecule has 44 heavy (non-hydrogen) atoms. The zero-order valence-electron chi connectivity index (χ0n) is 26.4. The molecule has 4 heterocycles. The predicted octanol–water partition coefficient (Wildman–Crippen LogP) is 6.16. The Hall–Kier alpha value is -3.48. The number of carbonyl (C=O) groups excluding carboxylic acids is 2. The van der Waals surface area contributed by atoms with Crippen LogP contribution in [-0.4, -0.2) is 81.0 Å². The van der Waals surface area contributed by atoms with Gasteiger partial charge in [-0.05, 0) is 51.3 Å². The van der Waals surface area contributed by atoms with E-state index in [1.165, 1.54) is 0 Å². The van der Waals surface area contributed by atoms with E-state index >= 15 is 0 Å². The van der Waals surface area contributed by atoms with E-state index in [0.29, 0.717) is 53.7 Å². The third kappa shape index (κ3) is 7.59. The minimum absolute atomic E-state index is 0.224. The van der Waals surface area contributed by atoms with Gasteiger partial charge in [0.1, 0.15) is 29.2 Å². The second kappa shape index (κ2) is 12.9. The number of carbonyl (C=O) groups is 2. The van der Waals surface area contributed by atoms with Crippen LogP contribution in [0.15, 0.2) is 30.6 Å². The number of piperidine rings is 1. The van der Waals surface area contributed by atoms with Gasteiger partial charge in [0.15, 0.2) is 5.65 Å². The molecule has 1 saturated heterocycles. The van der Waals surface area contributed by atoms with Crippen molar-refractivity contribution in [1.82, 2.24) is 34.9 Å². The maximum atomic E-state index is 13.8. The molecule has 236 valence electrons. The number of benzene rings is 1. The van der Waals surface area contributed by atoms with E-state index in [-0.39, 0.29) is 24.8 Å². The van der Waals surface area contributed by atoms with Gasteiger partial charge in [0.25, 0.3) is 5.91 Å². The van der Waals surface area contributed by atoms with Crippen molar-refractivity contribution in [2.24, 2.45) is 0 Å². The van der Waals surface area contributed by atoms with Gasteiger partial charge >= 0.3 is 6.09 Å². The third-order valence-corrected chi connectivity index (χ3v) is 9.48. The number of rotatable bonds is 9. The molecule has 0 spiro atoms. The molecule has 5 rings (SSSR count). The van der Waals surface area contributed by atoms with Crippen LogP contribution in [0.4, 0.5) is 4.79 Å². The number of fused-ring (bicyclic) bond motifs is 2. The van der Waals surface area contributed by atoms with Crippen LogP contribution in [0.2, 0.25) is 25.7 Å². The highest BCUT2D eigenvalue weighted by atomic mass is 35.5. The molecule has 1 aliphatic heterocycles. The average molecular weight is 640 g/mol. The first kappa shape index (κ1) is 31.9. The van der Waals surface area contributed by atoms with Crippen LogP contribution in [0.25, 0.3) is 33.5 Å². The molecule has 0 unspecified atom stereocenters. The summed E-state index contributed by atoms with van der Waals surface area (Å²) in [5.74, 6) is 0.121. The van der Waals surface area contributed by atoms with Crippen molar-refractivity contribution >= 4 is 53.7 Å². The molecule has 0 saturated carbocycles. The summed E-state index contributed by atoms with van der Waals surface area (Å²) in [4.78, 5) is 37.8. The molecule has 0 radical (unpaired) electrons. The van der Waals surface area contributed by atoms with Crippen molar-refractivity contribution in [3.05, 3.63) is 41.7 Å². The number of hydrogen-bond donors (Lipinski definition) is 2. The van der Waals surface area contributed by atoms with E-state index < -0.39 is 13.7 Å². The smallest absolute Gasteiger partial charge is 0.410 e. The Labute approximate surface area is 263 Å². The van der Waals surface area contributed by atoms with E-state index in [0.717, 1.165) is 35.4 Å². The molecule has 1 aromatic carbocycles. The quantitative estimate of drug-likeness (QED) is 0.128. The topological polar surface area (TPSA) is 127 Å². The summed E-state index contributed by atoms with van der Waals surface area (Å²) in [7, 11) is -1.26. The summed E-state index contributed by atoms with van der Waals surface area (Å²) in [5.41, 5.74) is 3.82. The Balaban J connectivity index is 1.43. The lowest BCUT2D eigenvalue weighted by atomic mass is 10.1. The zero-order chi connectivity index (χ0) is 31.6. The summed E-state index contributed by atoms with van der Waals surface area (Å²) in [6.07, 6.45) is 4.57. The number of aromatic amines is 1. The number of amides is 2. The highest BCUT2D eigenvalue weighted by Crippen LogP contribution is 2.28. The molecular formula is C31H42ClN7O4Si. The van der Waals surface area contributed by atoms with Crippen LogP contribution < -0.4 is 5.32 Å². The van der Waals surface area contributed by atoms with Gasteiger partial charge in [-0.2, -0.15) is 5.10 Å². The van der Waals surface area contributed by atoms with Gasteiger partial charge in [-0.3, -0.25) is 9.89 Å². The minimum atomic E-state index is -1.26. The monoisotopic (exact) mass is 639 g/mol. The van der Waals surface area contributed by atoms with Gasteiger partial charge in [0.05, 0.1) is 17.3 Å². The lowest BCUT2D eigenvalue weighted by molar-refractivity contribution is 0.0185. The third-order valence-electron chi connectivity index (χ3n) is 7.47. The van der Waals surface area contributed by atoms with Gasteiger partial charge in [-0.25, -0.2) is 14.8 Å². The molecule has 4 aromatic rings. The van der Waals surface area contributed by atoms with Crippen molar-refractivity contribution < 1.29 is 19.1 Å². The molecule has 0 bridgehead atoms. The summed E-state index contributed by atoms with van der Waals surface area (Å²) < 4.78 is 13.4. The summed E-state index contributed by atoms with van der Waals surface area (Å²) >= 11 is 6.02. The van der Waals surface area contributed by atoms with Crippen LogP contribution >= 0.6 is 11.6 Å². The SMILES string of the molecule is CC(C)(C)OC(=O)N1CCC[C@@H](NC(=O)c2cn(COCC[Si](C)(C)C)c3ncc(-c4n[nH]c5cc(CCl)ccc45)nc23)C1. The van der Waals surface area contributed by atoms with E-state index in [1.54, 1.807) is 17.3 Å². The zero-order valence-corrected chi connectivity index (χ0v) is 28.1. The van der Waals surface area contributed by atoms with Gasteiger partial charge in [0, 0.05) is 51.3 Å². The summed E-state index contributed by atoms with van der Waals surface area (Å²) in [6, 6.07) is 6.68. The number of nitrogens with one attached hydrogen (secondary N) is 2. The van der Waals surface area contributed by atoms with Crippen molar-refractivity contribution in [3.63, 3.8) is 0 Å². The number of ether oxygens (including phenoxy) is 2. The lowest BCUT2D eigenvalue weighted by Gasteiger charge is -2.34. The second-order valence-corrected chi connectivity index (χ2v) is 19.5. The largest absolute Gasteiger partial charge is 0.444 e. The van der Waals surface area contributed by atoms with Crippen molar-refractivity contribution in [1.29, 1.82) is 0 Å². The van der Waals surface area contributed by atoms with E-state index in [2.05, 4.69) is 35.2 Å². The Morgan fingerprint density at radius 1 is 1.23 bits per heavy atom. The number of H-pyrrole nitrogens is 1. The first-order valence-electron chi connectivity index (χ1n) is 15.1. The molecule has 1 aliphatic rings. The molecule has 3 aromatic heterocycles. The van der Waals surface area contributed by atoms with Crippen LogP contribution in [0.3, 0.4) is 0 Å². The van der Waals surface area contributed by atoms with E-state index in [1.807, 2.05) is 43.5 Å². The van der Waals surface area contributed by atoms with E-state index in [4.69, 9.17) is 31.0 Å². The van der Waals surface area contributed by atoms with Crippen LogP contribution in [0, 0.1) is 0 Å². The van der Waals surface area contributed by atoms with Gasteiger partial charge in [-0.1, -0.05) is 31.8 Å². The normalized spacial score (nSPS) is 16.1. The van der Waals surface area contributed by atoms with Crippen molar-refractivity contribution in [3.8, 4) is 11.4 Å². The first-order valence-corrected chi connectivity index (χ1v) is 19.3. The summed E-state index contributed by atoms with van der Waals surface area (Å²) in [5, 5.41) is 11.6. The maximum Gasteiger partial charge on any atom is 0.410 e. The number of halogens is 1. The van der Waals surface area contributed by atoms with Gasteiger partial charge in [0.2, 0.25) is 0 Å². The molecule has 1 atom stereocenters. The first-order chi connectivity index (χ1) is 20.8. The Bertz CT molecular complexity index is 1660. The number of aromatic nitrogens is 5. The average Bonchev–Trinajstić information content (AvgIpc) is 3.55. The predicted molar refractivity (Wildman–Crippen MR) is 175 cm³/mol. The Kier molecular flexibility index (Phi) is 9.33. The van der Waals surface area contributed by atoms with Crippen LogP contribution in [0.5, 0.6) is 0 Å². The number of nitrogens with zero attached hydrogens (tertiary/aromatic N) is 5. The highest BCUT2D eigenvalue weighted by molar-refractivity contribution is 6.76. The molecule has 2 N–H and O–H groups in total. The number of hydrogen-bond acceptors (Lipinski definition) is 7. The summed E-state index contributed by atoms with van der Waals surface area (Å²) in [6.45, 7) is 14.3. The standard InChI is InChI=1S/C31H42ClN7O4Si/c1-31(2,3)43-30(41)38-11-7-8-21(17-38)34-29(40)23-18-39(19-42-12-13-44(4,5)6)28-27(23)35-25(16-33-28)26-22-10-9-20(15-32)14-24(22)36-37-26/h9-10,14,16,18,21H,7-8,11-13,15,17,19H2,1-6H3,(H,34,40)(H,36,37)/t21-/m1/s1. The second-order valence-electron chi connectivity index (χ2n) is 13.6. The molecule has 0 aliphatic carbocycles. The molecule has 13 heteroatoms. The van der Waals surface area contributed by atoms with Crippen molar-refractivity contribution in [2.45, 2.75) is 83.6 Å². The number of likely N-dealkylation sites (tertiary alicyclic amines) is 1. The van der Waals surface area contributed by atoms with Crippen molar-refractivity contribution in [2.75, 3.05) is 19.7 Å². The lowest BCUT2D eigenvalue weighted by Crippen LogP contribution is -2.50. The minimum Gasteiger partial charge on any atom is -0.444 e.